The predicted octanol–water partition coefficient (Wildman–Crippen LogP) is 3.67. The van der Waals surface area contributed by atoms with Crippen LogP contribution in [0.3, 0.4) is 0 Å². The molecule has 140 valence electrons. The zero-order valence-corrected chi connectivity index (χ0v) is 16.7. The third kappa shape index (κ3) is 4.97. The van der Waals surface area contributed by atoms with E-state index in [1.54, 1.807) is 0 Å². The molecule has 0 unspecified atom stereocenters. The molecule has 0 fully saturated rings. The van der Waals surface area contributed by atoms with Crippen molar-refractivity contribution in [3.63, 3.8) is 0 Å². The summed E-state index contributed by atoms with van der Waals surface area (Å²) < 4.78 is 0. The fourth-order valence-corrected chi connectivity index (χ4v) is 2.66. The quantitative estimate of drug-likeness (QED) is 0.693. The lowest BCUT2D eigenvalue weighted by Gasteiger charge is -2.11. The molecule has 26 heavy (non-hydrogen) atoms. The van der Waals surface area contributed by atoms with E-state index in [0.717, 1.165) is 29.0 Å². The van der Waals surface area contributed by atoms with Crippen LogP contribution in [0.5, 0.6) is 0 Å². The molecule has 2 N–H and O–H groups in total. The van der Waals surface area contributed by atoms with Crippen molar-refractivity contribution in [2.24, 2.45) is 0 Å². The second-order valence-electron chi connectivity index (χ2n) is 6.22. The molecule has 1 aromatic heterocycles. The number of likely N-dealkylation sites (N-methyl/N-ethyl adjacent to an activating group) is 1. The second kappa shape index (κ2) is 9.57. The SMILES string of the molecule is Cc1cc(C(=O)NCCN(C)C)c2nc(-c3ccccc3)[nH]c2c1.Cl.Cl. The number of halogens is 2. The van der Waals surface area contributed by atoms with E-state index in [2.05, 4.69) is 15.3 Å². The molecular weight excluding hydrogens is 371 g/mol. The highest BCUT2D eigenvalue weighted by atomic mass is 35.5. The second-order valence-corrected chi connectivity index (χ2v) is 6.22. The number of nitrogens with one attached hydrogen (secondary N) is 2. The lowest BCUT2D eigenvalue weighted by molar-refractivity contribution is 0.0952. The lowest BCUT2D eigenvalue weighted by Crippen LogP contribution is -2.31. The number of benzene rings is 2. The molecule has 0 bridgehead atoms. The van der Waals surface area contributed by atoms with E-state index >= 15 is 0 Å². The molecule has 7 heteroatoms. The first-order valence-electron chi connectivity index (χ1n) is 8.03. The molecule has 5 nitrogen and oxygen atoms in total. The van der Waals surface area contributed by atoms with Crippen LogP contribution < -0.4 is 5.32 Å². The number of nitrogens with zero attached hydrogens (tertiary/aromatic N) is 2. The van der Waals surface area contributed by atoms with Gasteiger partial charge in [-0.15, -0.1) is 24.8 Å². The first kappa shape index (κ1) is 22.0. The molecule has 0 aliphatic heterocycles. The predicted molar refractivity (Wildman–Crippen MR) is 112 cm³/mol. The van der Waals surface area contributed by atoms with Gasteiger partial charge in [0.1, 0.15) is 11.3 Å². The maximum absolute atomic E-state index is 12.6. The third-order valence-corrected chi connectivity index (χ3v) is 3.87. The first-order chi connectivity index (χ1) is 11.5. The maximum Gasteiger partial charge on any atom is 0.253 e. The van der Waals surface area contributed by atoms with Crippen molar-refractivity contribution in [2.75, 3.05) is 27.2 Å². The van der Waals surface area contributed by atoms with Crippen LogP contribution in [-0.4, -0.2) is 48.0 Å². The Morgan fingerprint density at radius 1 is 1.15 bits per heavy atom. The average Bonchev–Trinajstić information content (AvgIpc) is 2.98. The Morgan fingerprint density at radius 3 is 2.50 bits per heavy atom. The fraction of sp³-hybridized carbons (Fsp3) is 0.263. The summed E-state index contributed by atoms with van der Waals surface area (Å²) in [6, 6.07) is 13.8. The first-order valence-corrected chi connectivity index (χ1v) is 8.03. The van der Waals surface area contributed by atoms with Crippen LogP contribution in [-0.2, 0) is 0 Å². The third-order valence-electron chi connectivity index (χ3n) is 3.87. The number of carbonyl (C=O) groups excluding carboxylic acids is 1. The van der Waals surface area contributed by atoms with Crippen LogP contribution in [0.4, 0.5) is 0 Å². The molecule has 0 radical (unpaired) electrons. The number of aromatic nitrogens is 2. The van der Waals surface area contributed by atoms with Crippen molar-refractivity contribution in [1.82, 2.24) is 20.2 Å². The molecule has 2 aromatic carbocycles. The summed E-state index contributed by atoms with van der Waals surface area (Å²) >= 11 is 0. The van der Waals surface area contributed by atoms with Crippen molar-refractivity contribution in [1.29, 1.82) is 0 Å². The molecule has 0 saturated heterocycles. The molecule has 0 aliphatic carbocycles. The number of aryl methyl sites for hydroxylation is 1. The minimum absolute atomic E-state index is 0. The van der Waals surface area contributed by atoms with Gasteiger partial charge in [-0.3, -0.25) is 4.79 Å². The summed E-state index contributed by atoms with van der Waals surface area (Å²) in [5.74, 6) is 0.690. The number of hydrogen-bond donors (Lipinski definition) is 2. The molecule has 1 amide bonds. The van der Waals surface area contributed by atoms with Gasteiger partial charge in [0.15, 0.2) is 0 Å². The number of amides is 1. The Hall–Kier alpha value is -2.08. The number of aromatic amines is 1. The number of fused-ring (bicyclic) bond motifs is 1. The molecule has 0 atom stereocenters. The summed E-state index contributed by atoms with van der Waals surface area (Å²) in [5.41, 5.74) is 4.24. The van der Waals surface area contributed by atoms with Gasteiger partial charge in [0.25, 0.3) is 5.91 Å². The van der Waals surface area contributed by atoms with Gasteiger partial charge in [-0.1, -0.05) is 30.3 Å². The Balaban J connectivity index is 0.00000169. The van der Waals surface area contributed by atoms with Crippen LogP contribution in [0.2, 0.25) is 0 Å². The van der Waals surface area contributed by atoms with Gasteiger partial charge in [-0.25, -0.2) is 4.98 Å². The fourth-order valence-electron chi connectivity index (χ4n) is 2.66. The van der Waals surface area contributed by atoms with E-state index in [1.807, 2.05) is 68.4 Å². The molecule has 0 spiro atoms. The van der Waals surface area contributed by atoms with Gasteiger partial charge in [0, 0.05) is 18.7 Å². The van der Waals surface area contributed by atoms with E-state index < -0.39 is 0 Å². The zero-order chi connectivity index (χ0) is 17.1. The Labute approximate surface area is 166 Å². The van der Waals surface area contributed by atoms with Crippen molar-refractivity contribution in [3.05, 3.63) is 53.6 Å². The van der Waals surface area contributed by atoms with Crippen LogP contribution in [0.15, 0.2) is 42.5 Å². The van der Waals surface area contributed by atoms with Crippen molar-refractivity contribution in [2.45, 2.75) is 6.92 Å². The van der Waals surface area contributed by atoms with Gasteiger partial charge in [-0.05, 0) is 38.7 Å². The standard InChI is InChI=1S/C19H22N4O.2ClH/c1-13-11-15(19(24)20-9-10-23(2)3)17-16(12-13)21-18(22-17)14-7-5-4-6-8-14;;/h4-8,11-12H,9-10H2,1-3H3,(H,20,24)(H,21,22);2*1H. The maximum atomic E-state index is 12.6. The van der Waals surface area contributed by atoms with Crippen LogP contribution in [0, 0.1) is 6.92 Å². The van der Waals surface area contributed by atoms with Gasteiger partial charge in [-0.2, -0.15) is 0 Å². The number of rotatable bonds is 5. The average molecular weight is 395 g/mol. The summed E-state index contributed by atoms with van der Waals surface area (Å²) in [7, 11) is 3.97. The lowest BCUT2D eigenvalue weighted by atomic mass is 10.1. The molecule has 3 aromatic rings. The van der Waals surface area contributed by atoms with Gasteiger partial charge in [0.05, 0.1) is 11.1 Å². The zero-order valence-electron chi connectivity index (χ0n) is 15.1. The number of hydrogen-bond acceptors (Lipinski definition) is 3. The monoisotopic (exact) mass is 394 g/mol. The van der Waals surface area contributed by atoms with E-state index in [-0.39, 0.29) is 30.7 Å². The summed E-state index contributed by atoms with van der Waals surface area (Å²) in [4.78, 5) is 22.6. The van der Waals surface area contributed by atoms with E-state index in [1.165, 1.54) is 0 Å². The van der Waals surface area contributed by atoms with Crippen molar-refractivity contribution in [3.8, 4) is 11.4 Å². The number of carbonyl (C=O) groups is 1. The molecular formula is C19H24Cl2N4O. The van der Waals surface area contributed by atoms with Gasteiger partial charge >= 0.3 is 0 Å². The Morgan fingerprint density at radius 2 is 1.85 bits per heavy atom. The van der Waals surface area contributed by atoms with Gasteiger partial charge in [0.2, 0.25) is 0 Å². The van der Waals surface area contributed by atoms with E-state index in [4.69, 9.17) is 0 Å². The molecule has 1 heterocycles. The van der Waals surface area contributed by atoms with Crippen LogP contribution in [0.1, 0.15) is 15.9 Å². The highest BCUT2D eigenvalue weighted by Crippen LogP contribution is 2.24. The minimum atomic E-state index is -0.0864. The topological polar surface area (TPSA) is 61.0 Å². The largest absolute Gasteiger partial charge is 0.351 e. The molecule has 3 rings (SSSR count). The number of imidazole rings is 1. The minimum Gasteiger partial charge on any atom is -0.351 e. The Kier molecular flexibility index (Phi) is 8.08. The molecule has 0 aliphatic rings. The van der Waals surface area contributed by atoms with Crippen molar-refractivity contribution < 1.29 is 4.79 Å². The van der Waals surface area contributed by atoms with E-state index in [9.17, 15) is 4.79 Å². The number of H-pyrrole nitrogens is 1. The van der Waals surface area contributed by atoms with E-state index in [0.29, 0.717) is 17.6 Å². The summed E-state index contributed by atoms with van der Waals surface area (Å²) in [6.07, 6.45) is 0. The smallest absolute Gasteiger partial charge is 0.253 e. The van der Waals surface area contributed by atoms with Gasteiger partial charge < -0.3 is 15.2 Å². The highest BCUT2D eigenvalue weighted by molar-refractivity contribution is 6.05. The van der Waals surface area contributed by atoms with Crippen molar-refractivity contribution >= 4 is 41.8 Å². The van der Waals surface area contributed by atoms with Crippen LogP contribution >= 0.6 is 24.8 Å². The summed E-state index contributed by atoms with van der Waals surface area (Å²) in [6.45, 7) is 3.40. The molecule has 0 saturated carbocycles. The summed E-state index contributed by atoms with van der Waals surface area (Å²) in [5, 5.41) is 2.96. The highest BCUT2D eigenvalue weighted by Gasteiger charge is 2.15. The van der Waals surface area contributed by atoms with Crippen LogP contribution in [0.25, 0.3) is 22.4 Å². The normalized spacial score (nSPS) is 10.3. The Bertz CT molecular complexity index is 863.